The first-order valence-corrected chi connectivity index (χ1v) is 8.58. The fraction of sp³-hybridized carbons (Fsp3) is 0.350. The first-order chi connectivity index (χ1) is 11.9. The summed E-state index contributed by atoms with van der Waals surface area (Å²) in [6, 6.07) is 11.5. The van der Waals surface area contributed by atoms with Crippen LogP contribution in [0.25, 0.3) is 0 Å². The third-order valence-electron chi connectivity index (χ3n) is 4.50. The van der Waals surface area contributed by atoms with Gasteiger partial charge in [-0.15, -0.1) is 0 Å². The van der Waals surface area contributed by atoms with Crippen molar-refractivity contribution in [3.05, 3.63) is 65.2 Å². The fourth-order valence-corrected chi connectivity index (χ4v) is 2.56. The van der Waals surface area contributed by atoms with E-state index in [0.29, 0.717) is 11.5 Å². The third-order valence-corrected chi connectivity index (χ3v) is 4.50. The zero-order valence-electron chi connectivity index (χ0n) is 14.9. The van der Waals surface area contributed by atoms with Crippen LogP contribution in [0.15, 0.2) is 42.5 Å². The number of hydrogen-bond acceptors (Lipinski definition) is 1. The Morgan fingerprint density at radius 1 is 1.04 bits per heavy atom. The molecular formula is C20H25F2N2O+. The molecule has 0 fully saturated rings. The second-order valence-electron chi connectivity index (χ2n) is 6.38. The van der Waals surface area contributed by atoms with Crippen LogP contribution in [0, 0.1) is 11.6 Å². The largest absolute Gasteiger partial charge is 0.333 e. The van der Waals surface area contributed by atoms with E-state index in [4.69, 9.17) is 0 Å². The molecule has 2 atom stereocenters. The normalized spacial score (nSPS) is 13.3. The highest BCUT2D eigenvalue weighted by Crippen LogP contribution is 2.20. The molecule has 0 aliphatic carbocycles. The molecule has 0 radical (unpaired) electrons. The molecular weight excluding hydrogens is 322 g/mol. The number of halogens is 2. The molecule has 0 bridgehead atoms. The first kappa shape index (κ1) is 19.1. The van der Waals surface area contributed by atoms with Crippen molar-refractivity contribution in [2.45, 2.75) is 39.2 Å². The summed E-state index contributed by atoms with van der Waals surface area (Å²) in [6.07, 6.45) is 1.07. The first-order valence-electron chi connectivity index (χ1n) is 8.58. The molecule has 2 aromatic carbocycles. The molecule has 0 aliphatic rings. The maximum absolute atomic E-state index is 13.3. The van der Waals surface area contributed by atoms with Gasteiger partial charge in [-0.3, -0.25) is 4.79 Å². The molecule has 0 saturated heterocycles. The lowest BCUT2D eigenvalue weighted by atomic mass is 9.99. The fourth-order valence-electron chi connectivity index (χ4n) is 2.56. The molecule has 0 saturated carbocycles. The number of anilines is 1. The molecule has 0 aliphatic heterocycles. The van der Waals surface area contributed by atoms with Crippen LogP contribution in [0.5, 0.6) is 0 Å². The van der Waals surface area contributed by atoms with Gasteiger partial charge in [0.05, 0.1) is 0 Å². The Labute approximate surface area is 147 Å². The van der Waals surface area contributed by atoms with Crippen molar-refractivity contribution in [1.29, 1.82) is 0 Å². The highest BCUT2D eigenvalue weighted by Gasteiger charge is 2.14. The third kappa shape index (κ3) is 5.36. The highest BCUT2D eigenvalue weighted by molar-refractivity contribution is 5.91. The predicted octanol–water partition coefficient (Wildman–Crippen LogP) is 3.74. The van der Waals surface area contributed by atoms with Crippen molar-refractivity contribution in [2.75, 3.05) is 11.9 Å². The summed E-state index contributed by atoms with van der Waals surface area (Å²) >= 11 is 0. The van der Waals surface area contributed by atoms with E-state index < -0.39 is 11.6 Å². The summed E-state index contributed by atoms with van der Waals surface area (Å²) in [4.78, 5) is 12.1. The van der Waals surface area contributed by atoms with Crippen LogP contribution >= 0.6 is 0 Å². The van der Waals surface area contributed by atoms with Gasteiger partial charge in [0.15, 0.2) is 18.2 Å². The topological polar surface area (TPSA) is 45.7 Å². The molecule has 2 rings (SSSR count). The number of carbonyl (C=O) groups is 1. The Kier molecular flexibility index (Phi) is 6.65. The van der Waals surface area contributed by atoms with Crippen molar-refractivity contribution in [2.24, 2.45) is 0 Å². The molecule has 3 N–H and O–H groups in total. The van der Waals surface area contributed by atoms with Crippen molar-refractivity contribution in [1.82, 2.24) is 0 Å². The van der Waals surface area contributed by atoms with Gasteiger partial charge in [0.1, 0.15) is 6.04 Å². The van der Waals surface area contributed by atoms with Gasteiger partial charge in [-0.25, -0.2) is 8.78 Å². The molecule has 3 nitrogen and oxygen atoms in total. The Hall–Kier alpha value is -2.27. The van der Waals surface area contributed by atoms with Crippen LogP contribution in [0.3, 0.4) is 0 Å². The summed E-state index contributed by atoms with van der Waals surface area (Å²) in [5.41, 5.74) is 2.65. The van der Waals surface area contributed by atoms with Gasteiger partial charge < -0.3 is 10.6 Å². The summed E-state index contributed by atoms with van der Waals surface area (Å²) in [7, 11) is 0. The lowest BCUT2D eigenvalue weighted by molar-refractivity contribution is -0.682. The number of quaternary nitrogens is 1. The van der Waals surface area contributed by atoms with E-state index >= 15 is 0 Å². The molecule has 0 aromatic heterocycles. The van der Waals surface area contributed by atoms with Gasteiger partial charge in [0.25, 0.3) is 5.91 Å². The zero-order valence-corrected chi connectivity index (χ0v) is 14.9. The van der Waals surface area contributed by atoms with Crippen LogP contribution in [0.2, 0.25) is 0 Å². The van der Waals surface area contributed by atoms with Crippen molar-refractivity contribution < 1.29 is 18.9 Å². The number of rotatable bonds is 7. The summed E-state index contributed by atoms with van der Waals surface area (Å²) < 4.78 is 26.2. The van der Waals surface area contributed by atoms with Crippen LogP contribution in [0.1, 0.15) is 50.3 Å². The number of nitrogens with one attached hydrogen (secondary N) is 1. The minimum absolute atomic E-state index is 0.134. The second kappa shape index (κ2) is 8.72. The summed E-state index contributed by atoms with van der Waals surface area (Å²) in [5.74, 6) is -1.38. The number of carbonyl (C=O) groups excluding carboxylic acids is 1. The highest BCUT2D eigenvalue weighted by atomic mass is 19.2. The summed E-state index contributed by atoms with van der Waals surface area (Å²) in [6.45, 7) is 6.36. The van der Waals surface area contributed by atoms with Crippen LogP contribution in [-0.4, -0.2) is 12.5 Å². The molecule has 5 heteroatoms. The van der Waals surface area contributed by atoms with Gasteiger partial charge in [-0.05, 0) is 55.2 Å². The average molecular weight is 347 g/mol. The van der Waals surface area contributed by atoms with Crippen molar-refractivity contribution in [3.63, 3.8) is 0 Å². The van der Waals surface area contributed by atoms with Crippen LogP contribution in [-0.2, 0) is 4.79 Å². The van der Waals surface area contributed by atoms with Crippen LogP contribution in [0.4, 0.5) is 14.5 Å². The molecule has 134 valence electrons. The number of benzene rings is 2. The standard InChI is InChI=1S/C20H24F2N2O/c1-4-13(2)15-5-8-17(9-6-15)24-20(25)12-23-14(3)16-7-10-18(21)19(22)11-16/h5-11,13-14,23H,4,12H2,1-3H3,(H,24,25)/p+1/t13-,14+/m0/s1. The van der Waals surface area contributed by atoms with E-state index in [9.17, 15) is 13.6 Å². The van der Waals surface area contributed by atoms with Crippen molar-refractivity contribution in [3.8, 4) is 0 Å². The van der Waals surface area contributed by atoms with Gasteiger partial charge >= 0.3 is 0 Å². The molecule has 0 spiro atoms. The van der Waals surface area contributed by atoms with Gasteiger partial charge in [0, 0.05) is 11.3 Å². The predicted molar refractivity (Wildman–Crippen MR) is 95.3 cm³/mol. The minimum Gasteiger partial charge on any atom is -0.333 e. The van der Waals surface area contributed by atoms with E-state index in [1.54, 1.807) is 5.32 Å². The SMILES string of the molecule is CC[C@H](C)c1ccc(NC(=O)C[NH2+][C@H](C)c2ccc(F)c(F)c2)cc1. The molecule has 0 unspecified atom stereocenters. The van der Waals surface area contributed by atoms with E-state index in [1.807, 2.05) is 31.2 Å². The lowest BCUT2D eigenvalue weighted by Crippen LogP contribution is -2.86. The van der Waals surface area contributed by atoms with Gasteiger partial charge in [0.2, 0.25) is 0 Å². The lowest BCUT2D eigenvalue weighted by Gasteiger charge is -2.12. The van der Waals surface area contributed by atoms with Gasteiger partial charge in [-0.2, -0.15) is 0 Å². The van der Waals surface area contributed by atoms with E-state index in [0.717, 1.165) is 18.2 Å². The van der Waals surface area contributed by atoms with E-state index in [2.05, 4.69) is 19.2 Å². The minimum atomic E-state index is -0.872. The van der Waals surface area contributed by atoms with Crippen LogP contribution < -0.4 is 10.6 Å². The monoisotopic (exact) mass is 347 g/mol. The van der Waals surface area contributed by atoms with E-state index in [1.165, 1.54) is 17.7 Å². The van der Waals surface area contributed by atoms with E-state index in [-0.39, 0.29) is 18.5 Å². The Balaban J connectivity index is 1.86. The Morgan fingerprint density at radius 3 is 2.28 bits per heavy atom. The Bertz CT molecular complexity index is 716. The molecule has 25 heavy (non-hydrogen) atoms. The smallest absolute Gasteiger partial charge is 0.279 e. The van der Waals surface area contributed by atoms with Crippen molar-refractivity contribution >= 4 is 11.6 Å². The molecule has 0 heterocycles. The number of amides is 1. The Morgan fingerprint density at radius 2 is 1.68 bits per heavy atom. The zero-order chi connectivity index (χ0) is 18.4. The average Bonchev–Trinajstić information content (AvgIpc) is 2.62. The molecule has 1 amide bonds. The molecule has 2 aromatic rings. The maximum atomic E-state index is 13.3. The number of nitrogens with two attached hydrogens (primary N) is 1. The second-order valence-corrected chi connectivity index (χ2v) is 6.38. The number of hydrogen-bond donors (Lipinski definition) is 2. The summed E-state index contributed by atoms with van der Waals surface area (Å²) in [5, 5.41) is 4.64. The quantitative estimate of drug-likeness (QED) is 0.787. The maximum Gasteiger partial charge on any atom is 0.279 e. The van der Waals surface area contributed by atoms with Gasteiger partial charge in [-0.1, -0.05) is 26.0 Å².